The van der Waals surface area contributed by atoms with Crippen LogP contribution in [0.15, 0.2) is 67.3 Å². The van der Waals surface area contributed by atoms with E-state index in [0.717, 1.165) is 12.0 Å². The quantitative estimate of drug-likeness (QED) is 0.823. The lowest BCUT2D eigenvalue weighted by Crippen LogP contribution is -2.28. The van der Waals surface area contributed by atoms with Gasteiger partial charge in [-0.25, -0.2) is 0 Å². The predicted molar refractivity (Wildman–Crippen MR) is 96.9 cm³/mol. The summed E-state index contributed by atoms with van der Waals surface area (Å²) in [5.41, 5.74) is 4.06. The zero-order chi connectivity index (χ0) is 16.5. The van der Waals surface area contributed by atoms with Crippen molar-refractivity contribution in [3.8, 4) is 0 Å². The molecule has 2 aliphatic rings. The highest BCUT2D eigenvalue weighted by molar-refractivity contribution is 5.78. The fourth-order valence-corrected chi connectivity index (χ4v) is 4.25. The molecule has 2 aromatic rings. The molecule has 0 unspecified atom stereocenters. The standard InChI is InChI=1S/C22H23NO/c1-2-15(16-8-4-3-5-9-16)14-20(24)23-22-19-13-12-17-10-6-7-11-18(17)21(19)22/h2-11,15,19,21-22H,1,12-14H2,(H,23,24)/t15-,19+,21+,22-/m1/s1. The molecule has 1 fully saturated rings. The number of amides is 1. The molecule has 0 bridgehead atoms. The van der Waals surface area contributed by atoms with Crippen LogP contribution < -0.4 is 5.32 Å². The van der Waals surface area contributed by atoms with Gasteiger partial charge in [-0.15, -0.1) is 6.58 Å². The van der Waals surface area contributed by atoms with Crippen LogP contribution in [-0.2, 0) is 11.2 Å². The summed E-state index contributed by atoms with van der Waals surface area (Å²) in [5.74, 6) is 1.38. The minimum absolute atomic E-state index is 0.0827. The highest BCUT2D eigenvalue weighted by Gasteiger charge is 2.53. The lowest BCUT2D eigenvalue weighted by molar-refractivity contribution is -0.121. The van der Waals surface area contributed by atoms with Crippen LogP contribution in [0.2, 0.25) is 0 Å². The smallest absolute Gasteiger partial charge is 0.221 e. The number of rotatable bonds is 5. The number of fused-ring (bicyclic) bond motifs is 3. The van der Waals surface area contributed by atoms with Crippen molar-refractivity contribution < 1.29 is 4.79 Å². The molecule has 4 rings (SSSR count). The highest BCUT2D eigenvalue weighted by Crippen LogP contribution is 2.54. The van der Waals surface area contributed by atoms with E-state index in [1.54, 1.807) is 0 Å². The van der Waals surface area contributed by atoms with Gasteiger partial charge in [-0.3, -0.25) is 4.79 Å². The second-order valence-corrected chi connectivity index (χ2v) is 6.98. The molecule has 2 nitrogen and oxygen atoms in total. The van der Waals surface area contributed by atoms with Crippen LogP contribution in [0.5, 0.6) is 0 Å². The second-order valence-electron chi connectivity index (χ2n) is 6.98. The average Bonchev–Trinajstić information content (AvgIpc) is 3.33. The minimum Gasteiger partial charge on any atom is -0.352 e. The van der Waals surface area contributed by atoms with Gasteiger partial charge in [0, 0.05) is 24.3 Å². The molecule has 122 valence electrons. The van der Waals surface area contributed by atoms with Crippen molar-refractivity contribution in [1.29, 1.82) is 0 Å². The zero-order valence-electron chi connectivity index (χ0n) is 13.8. The molecule has 24 heavy (non-hydrogen) atoms. The van der Waals surface area contributed by atoms with E-state index in [0.29, 0.717) is 24.3 Å². The maximum atomic E-state index is 12.5. The molecule has 2 aliphatic carbocycles. The molecule has 2 heteroatoms. The van der Waals surface area contributed by atoms with Gasteiger partial charge >= 0.3 is 0 Å². The molecule has 0 heterocycles. The summed E-state index contributed by atoms with van der Waals surface area (Å²) in [6.07, 6.45) is 4.69. The van der Waals surface area contributed by atoms with E-state index in [1.165, 1.54) is 17.5 Å². The van der Waals surface area contributed by atoms with Gasteiger partial charge < -0.3 is 5.32 Å². The molecule has 0 radical (unpaired) electrons. The highest BCUT2D eigenvalue weighted by atomic mass is 16.1. The van der Waals surface area contributed by atoms with E-state index in [9.17, 15) is 4.79 Å². The Bertz CT molecular complexity index is 752. The van der Waals surface area contributed by atoms with Crippen molar-refractivity contribution in [1.82, 2.24) is 5.32 Å². The van der Waals surface area contributed by atoms with Crippen molar-refractivity contribution in [2.75, 3.05) is 0 Å². The lowest BCUT2D eigenvalue weighted by atomic mass is 9.92. The molecule has 0 aliphatic heterocycles. The molecule has 0 aromatic heterocycles. The Balaban J connectivity index is 1.40. The lowest BCUT2D eigenvalue weighted by Gasteiger charge is -2.13. The van der Waals surface area contributed by atoms with Gasteiger partial charge in [-0.1, -0.05) is 60.7 Å². The van der Waals surface area contributed by atoms with Crippen LogP contribution in [0.3, 0.4) is 0 Å². The summed E-state index contributed by atoms with van der Waals surface area (Å²) < 4.78 is 0. The molecular formula is C22H23NO. The number of nitrogens with one attached hydrogen (secondary N) is 1. The summed E-state index contributed by atoms with van der Waals surface area (Å²) in [4.78, 5) is 12.5. The predicted octanol–water partition coefficient (Wildman–Crippen LogP) is 4.19. The minimum atomic E-state index is 0.0827. The average molecular weight is 317 g/mol. The van der Waals surface area contributed by atoms with Crippen LogP contribution in [0.4, 0.5) is 0 Å². The van der Waals surface area contributed by atoms with Gasteiger partial charge in [-0.2, -0.15) is 0 Å². The number of aryl methyl sites for hydroxylation is 1. The molecule has 2 aromatic carbocycles. The van der Waals surface area contributed by atoms with Gasteiger partial charge in [0.25, 0.3) is 0 Å². The molecule has 1 N–H and O–H groups in total. The normalized spacial score (nSPS) is 25.1. The van der Waals surface area contributed by atoms with Crippen molar-refractivity contribution in [3.05, 3.63) is 83.9 Å². The third kappa shape index (κ3) is 2.77. The first-order valence-electron chi connectivity index (χ1n) is 8.82. The zero-order valence-corrected chi connectivity index (χ0v) is 13.8. The molecule has 1 saturated carbocycles. The van der Waals surface area contributed by atoms with Crippen molar-refractivity contribution in [3.63, 3.8) is 0 Å². The van der Waals surface area contributed by atoms with Crippen molar-refractivity contribution in [2.45, 2.75) is 37.1 Å². The van der Waals surface area contributed by atoms with Crippen molar-refractivity contribution in [2.24, 2.45) is 5.92 Å². The number of hydrogen-bond donors (Lipinski definition) is 1. The van der Waals surface area contributed by atoms with Gasteiger partial charge in [-0.05, 0) is 35.4 Å². The Hall–Kier alpha value is -2.35. The molecule has 0 saturated heterocycles. The third-order valence-electron chi connectivity index (χ3n) is 5.57. The molecule has 4 atom stereocenters. The van der Waals surface area contributed by atoms with E-state index in [4.69, 9.17) is 0 Å². The van der Waals surface area contributed by atoms with Crippen molar-refractivity contribution >= 4 is 5.91 Å². The SMILES string of the molecule is C=C[C@H](CC(=O)N[C@@H]1[C@H]2CCc3ccccc3[C@@H]21)c1ccccc1. The van der Waals surface area contributed by atoms with E-state index < -0.39 is 0 Å². The Morgan fingerprint density at radius 2 is 1.92 bits per heavy atom. The van der Waals surface area contributed by atoms with Gasteiger partial charge in [0.05, 0.1) is 0 Å². The molecular weight excluding hydrogens is 294 g/mol. The van der Waals surface area contributed by atoms with E-state index in [2.05, 4.69) is 48.3 Å². The van der Waals surface area contributed by atoms with Gasteiger partial charge in [0.1, 0.15) is 0 Å². The van der Waals surface area contributed by atoms with Crippen LogP contribution in [0, 0.1) is 5.92 Å². The Morgan fingerprint density at radius 3 is 2.71 bits per heavy atom. The summed E-state index contributed by atoms with van der Waals surface area (Å²) in [6, 6.07) is 19.1. The maximum absolute atomic E-state index is 12.5. The monoisotopic (exact) mass is 317 g/mol. The van der Waals surface area contributed by atoms with E-state index in [1.807, 2.05) is 24.3 Å². The first-order valence-corrected chi connectivity index (χ1v) is 8.82. The second kappa shape index (κ2) is 6.27. The first kappa shape index (κ1) is 15.2. The fourth-order valence-electron chi connectivity index (χ4n) is 4.25. The number of hydrogen-bond acceptors (Lipinski definition) is 1. The maximum Gasteiger partial charge on any atom is 0.221 e. The van der Waals surface area contributed by atoms with Gasteiger partial charge in [0.2, 0.25) is 5.91 Å². The first-order chi connectivity index (χ1) is 11.8. The van der Waals surface area contributed by atoms with Crippen LogP contribution in [0.1, 0.15) is 41.4 Å². The largest absolute Gasteiger partial charge is 0.352 e. The summed E-state index contributed by atoms with van der Waals surface area (Å²) in [5, 5.41) is 3.28. The Labute approximate surface area is 143 Å². The summed E-state index contributed by atoms with van der Waals surface area (Å²) in [6.45, 7) is 3.91. The van der Waals surface area contributed by atoms with E-state index >= 15 is 0 Å². The third-order valence-corrected chi connectivity index (χ3v) is 5.57. The molecule has 0 spiro atoms. The summed E-state index contributed by atoms with van der Waals surface area (Å²) in [7, 11) is 0. The number of carbonyl (C=O) groups excluding carboxylic acids is 1. The van der Waals surface area contributed by atoms with Gasteiger partial charge in [0.15, 0.2) is 0 Å². The fraction of sp³-hybridized carbons (Fsp3) is 0.318. The Morgan fingerprint density at radius 1 is 1.17 bits per heavy atom. The van der Waals surface area contributed by atoms with E-state index in [-0.39, 0.29) is 11.8 Å². The van der Waals surface area contributed by atoms with Crippen LogP contribution in [-0.4, -0.2) is 11.9 Å². The van der Waals surface area contributed by atoms with Crippen LogP contribution >= 0.6 is 0 Å². The number of allylic oxidation sites excluding steroid dienone is 1. The topological polar surface area (TPSA) is 29.1 Å². The number of carbonyl (C=O) groups is 1. The van der Waals surface area contributed by atoms with Crippen LogP contribution in [0.25, 0.3) is 0 Å². The molecule has 1 amide bonds. The Kier molecular flexibility index (Phi) is 3.97. The number of benzene rings is 2. The summed E-state index contributed by atoms with van der Waals surface area (Å²) >= 11 is 0.